The smallest absolute Gasteiger partial charge is 0.262 e. The van der Waals surface area contributed by atoms with Crippen molar-refractivity contribution in [2.24, 2.45) is 0 Å². The molecule has 0 unspecified atom stereocenters. The van der Waals surface area contributed by atoms with Gasteiger partial charge in [0, 0.05) is 20.3 Å². The van der Waals surface area contributed by atoms with E-state index in [1.54, 1.807) is 23.4 Å². The zero-order chi connectivity index (χ0) is 13.7. The van der Waals surface area contributed by atoms with Gasteiger partial charge in [0.05, 0.1) is 10.9 Å². The molecule has 0 saturated carbocycles. The van der Waals surface area contributed by atoms with Crippen molar-refractivity contribution in [2.45, 2.75) is 25.0 Å². The molecule has 0 saturated heterocycles. The van der Waals surface area contributed by atoms with Gasteiger partial charge in [-0.2, -0.15) is 0 Å². The Morgan fingerprint density at radius 1 is 1.37 bits per heavy atom. The number of para-hydroxylation sites is 1. The number of fused-ring (bicyclic) bond motifs is 1. The minimum Gasteiger partial charge on any atom is -0.385 e. The van der Waals surface area contributed by atoms with E-state index in [2.05, 4.69) is 11.9 Å². The van der Waals surface area contributed by atoms with Crippen LogP contribution in [0, 0.1) is 0 Å². The first-order chi connectivity index (χ1) is 9.27. The van der Waals surface area contributed by atoms with E-state index in [0.717, 1.165) is 22.8 Å². The number of hydrogen-bond donors (Lipinski definition) is 0. The molecule has 0 fully saturated rings. The topological polar surface area (TPSA) is 44.1 Å². The molecular formula is C14H18N2O2S. The van der Waals surface area contributed by atoms with Crippen LogP contribution in [0.5, 0.6) is 0 Å². The van der Waals surface area contributed by atoms with Crippen molar-refractivity contribution in [1.29, 1.82) is 0 Å². The third kappa shape index (κ3) is 3.16. The maximum absolute atomic E-state index is 12.5. The van der Waals surface area contributed by atoms with Crippen LogP contribution < -0.4 is 5.56 Å². The molecule has 0 N–H and O–H groups in total. The third-order valence-electron chi connectivity index (χ3n) is 2.83. The number of ether oxygens (including phenoxy) is 1. The minimum atomic E-state index is 0.0395. The zero-order valence-electron chi connectivity index (χ0n) is 11.3. The number of thioether (sulfide) groups is 1. The lowest BCUT2D eigenvalue weighted by Gasteiger charge is -2.12. The van der Waals surface area contributed by atoms with Gasteiger partial charge in [-0.15, -0.1) is 0 Å². The molecule has 0 amide bonds. The molecule has 4 nitrogen and oxygen atoms in total. The van der Waals surface area contributed by atoms with E-state index in [4.69, 9.17) is 4.74 Å². The summed E-state index contributed by atoms with van der Waals surface area (Å²) in [6.45, 7) is 3.36. The van der Waals surface area contributed by atoms with Crippen LogP contribution in [0.25, 0.3) is 10.9 Å². The number of nitrogens with zero attached hydrogens (tertiary/aromatic N) is 2. The number of hydrogen-bond acceptors (Lipinski definition) is 4. The highest BCUT2D eigenvalue weighted by atomic mass is 32.2. The zero-order valence-corrected chi connectivity index (χ0v) is 12.1. The molecule has 0 radical (unpaired) electrons. The van der Waals surface area contributed by atoms with Crippen LogP contribution in [0.4, 0.5) is 0 Å². The van der Waals surface area contributed by atoms with Crippen LogP contribution in [0.15, 0.2) is 34.2 Å². The van der Waals surface area contributed by atoms with Crippen LogP contribution in [-0.2, 0) is 11.3 Å². The summed E-state index contributed by atoms with van der Waals surface area (Å²) in [7, 11) is 1.67. The van der Waals surface area contributed by atoms with E-state index in [9.17, 15) is 4.79 Å². The fraction of sp³-hybridized carbons (Fsp3) is 0.429. The Hall–Kier alpha value is -1.33. The molecular weight excluding hydrogens is 260 g/mol. The van der Waals surface area contributed by atoms with Gasteiger partial charge in [0.2, 0.25) is 0 Å². The largest absolute Gasteiger partial charge is 0.385 e. The van der Waals surface area contributed by atoms with Gasteiger partial charge >= 0.3 is 0 Å². The fourth-order valence-corrected chi connectivity index (χ4v) is 2.70. The first-order valence-corrected chi connectivity index (χ1v) is 7.37. The Morgan fingerprint density at radius 2 is 2.16 bits per heavy atom. The second-order valence-corrected chi connectivity index (χ2v) is 5.38. The lowest BCUT2D eigenvalue weighted by Crippen LogP contribution is -2.24. The number of aromatic nitrogens is 2. The number of rotatable bonds is 6. The highest BCUT2D eigenvalue weighted by molar-refractivity contribution is 7.99. The summed E-state index contributed by atoms with van der Waals surface area (Å²) >= 11 is 1.60. The van der Waals surface area contributed by atoms with Crippen molar-refractivity contribution in [2.75, 3.05) is 19.5 Å². The van der Waals surface area contributed by atoms with Gasteiger partial charge in [-0.25, -0.2) is 4.98 Å². The molecule has 0 aliphatic carbocycles. The second-order valence-electron chi connectivity index (χ2n) is 4.15. The summed E-state index contributed by atoms with van der Waals surface area (Å²) in [5.74, 6) is 0.898. The van der Waals surface area contributed by atoms with Gasteiger partial charge in [-0.05, 0) is 24.3 Å². The summed E-state index contributed by atoms with van der Waals surface area (Å²) in [5.41, 5.74) is 0.809. The van der Waals surface area contributed by atoms with E-state index < -0.39 is 0 Å². The van der Waals surface area contributed by atoms with Crippen LogP contribution in [0.3, 0.4) is 0 Å². The Kier molecular flexibility index (Phi) is 4.99. The lowest BCUT2D eigenvalue weighted by atomic mass is 10.2. The summed E-state index contributed by atoms with van der Waals surface area (Å²) in [6, 6.07) is 7.50. The van der Waals surface area contributed by atoms with Crippen LogP contribution >= 0.6 is 11.8 Å². The fourth-order valence-electron chi connectivity index (χ4n) is 1.95. The molecule has 5 heteroatoms. The quantitative estimate of drug-likeness (QED) is 0.463. The third-order valence-corrected chi connectivity index (χ3v) is 3.69. The predicted octanol–water partition coefficient (Wildman–Crippen LogP) is 2.55. The first kappa shape index (κ1) is 14.1. The van der Waals surface area contributed by atoms with Crippen molar-refractivity contribution in [3.8, 4) is 0 Å². The van der Waals surface area contributed by atoms with E-state index >= 15 is 0 Å². The Balaban J connectivity index is 2.48. The SMILES string of the molecule is CCSc1nc2ccccc2c(=O)n1CCCOC. The normalized spacial score (nSPS) is 11.1. The monoisotopic (exact) mass is 278 g/mol. The highest BCUT2D eigenvalue weighted by Crippen LogP contribution is 2.17. The van der Waals surface area contributed by atoms with E-state index in [0.29, 0.717) is 18.5 Å². The molecule has 1 heterocycles. The molecule has 0 atom stereocenters. The Labute approximate surface area is 116 Å². The second kappa shape index (κ2) is 6.73. The molecule has 0 spiro atoms. The molecule has 2 aromatic rings. The van der Waals surface area contributed by atoms with Crippen LogP contribution in [0.1, 0.15) is 13.3 Å². The predicted molar refractivity (Wildman–Crippen MR) is 78.9 cm³/mol. The van der Waals surface area contributed by atoms with Gasteiger partial charge < -0.3 is 4.74 Å². The van der Waals surface area contributed by atoms with Crippen molar-refractivity contribution in [3.05, 3.63) is 34.6 Å². The summed E-state index contributed by atoms with van der Waals surface area (Å²) in [5, 5.41) is 1.47. The molecule has 2 rings (SSSR count). The molecule has 19 heavy (non-hydrogen) atoms. The van der Waals surface area contributed by atoms with E-state index in [1.165, 1.54) is 0 Å². The van der Waals surface area contributed by atoms with Crippen molar-refractivity contribution in [1.82, 2.24) is 9.55 Å². The number of benzene rings is 1. The maximum Gasteiger partial charge on any atom is 0.262 e. The van der Waals surface area contributed by atoms with Gasteiger partial charge in [-0.1, -0.05) is 30.8 Å². The summed E-state index contributed by atoms with van der Waals surface area (Å²) in [4.78, 5) is 17.1. The molecule has 0 bridgehead atoms. The summed E-state index contributed by atoms with van der Waals surface area (Å²) in [6.07, 6.45) is 0.813. The van der Waals surface area contributed by atoms with Gasteiger partial charge in [0.25, 0.3) is 5.56 Å². The first-order valence-electron chi connectivity index (χ1n) is 6.39. The summed E-state index contributed by atoms with van der Waals surface area (Å²) < 4.78 is 6.81. The van der Waals surface area contributed by atoms with Crippen LogP contribution in [0.2, 0.25) is 0 Å². The van der Waals surface area contributed by atoms with Crippen molar-refractivity contribution < 1.29 is 4.74 Å². The Morgan fingerprint density at radius 3 is 2.89 bits per heavy atom. The minimum absolute atomic E-state index is 0.0395. The standard InChI is InChI=1S/C14H18N2O2S/c1-3-19-14-15-12-8-5-4-7-11(12)13(17)16(14)9-6-10-18-2/h4-5,7-8H,3,6,9-10H2,1-2H3. The highest BCUT2D eigenvalue weighted by Gasteiger charge is 2.10. The maximum atomic E-state index is 12.5. The molecule has 1 aromatic carbocycles. The average molecular weight is 278 g/mol. The lowest BCUT2D eigenvalue weighted by molar-refractivity contribution is 0.189. The molecule has 102 valence electrons. The van der Waals surface area contributed by atoms with Crippen LogP contribution in [-0.4, -0.2) is 29.0 Å². The van der Waals surface area contributed by atoms with Gasteiger partial charge in [0.15, 0.2) is 5.16 Å². The van der Waals surface area contributed by atoms with Gasteiger partial charge in [-0.3, -0.25) is 9.36 Å². The van der Waals surface area contributed by atoms with Crippen molar-refractivity contribution in [3.63, 3.8) is 0 Å². The molecule has 0 aliphatic heterocycles. The molecule has 0 aliphatic rings. The Bertz CT molecular complexity index is 610. The van der Waals surface area contributed by atoms with E-state index in [1.807, 2.05) is 24.3 Å². The van der Waals surface area contributed by atoms with Gasteiger partial charge in [0.1, 0.15) is 0 Å². The average Bonchev–Trinajstić information content (AvgIpc) is 2.43. The van der Waals surface area contributed by atoms with Crippen molar-refractivity contribution >= 4 is 22.7 Å². The van der Waals surface area contributed by atoms with E-state index in [-0.39, 0.29) is 5.56 Å². The number of methoxy groups -OCH3 is 1. The molecule has 1 aromatic heterocycles.